The van der Waals surface area contributed by atoms with Crippen LogP contribution in [-0.2, 0) is 0 Å². The predicted molar refractivity (Wildman–Crippen MR) is 87.7 cm³/mol. The van der Waals surface area contributed by atoms with Crippen LogP contribution in [0.1, 0.15) is 27.6 Å². The van der Waals surface area contributed by atoms with Crippen LogP contribution >= 0.6 is 11.6 Å². The zero-order valence-electron chi connectivity index (χ0n) is 12.0. The maximum Gasteiger partial charge on any atom is 0.191 e. The summed E-state index contributed by atoms with van der Waals surface area (Å²) >= 11 is 5.85. The minimum absolute atomic E-state index is 0.0805. The zero-order valence-corrected chi connectivity index (χ0v) is 12.8. The highest BCUT2D eigenvalue weighted by Crippen LogP contribution is 2.26. The van der Waals surface area contributed by atoms with Crippen LogP contribution in [0, 0.1) is 0 Å². The molecule has 3 nitrogen and oxygen atoms in total. The number of hydrogen-bond donors (Lipinski definition) is 1. The fourth-order valence-electron chi connectivity index (χ4n) is 2.52. The zero-order chi connectivity index (χ0) is 15.7. The molecule has 0 fully saturated rings. The summed E-state index contributed by atoms with van der Waals surface area (Å²) in [4.78, 5) is 25.0. The summed E-state index contributed by atoms with van der Waals surface area (Å²) in [6.07, 6.45) is 0. The molecule has 2 aromatic carbocycles. The lowest BCUT2D eigenvalue weighted by Crippen LogP contribution is -2.25. The predicted octanol–water partition coefficient (Wildman–Crippen LogP) is 4.15. The lowest BCUT2D eigenvalue weighted by molar-refractivity contribution is 0.0974. The molecule has 0 atom stereocenters. The largest absolute Gasteiger partial charge is 0.381 e. The number of rotatable bonds is 3. The van der Waals surface area contributed by atoms with Gasteiger partial charge in [0.15, 0.2) is 11.6 Å². The fourth-order valence-corrected chi connectivity index (χ4v) is 2.65. The molecule has 4 heteroatoms. The first-order valence-corrected chi connectivity index (χ1v) is 7.33. The molecule has 0 radical (unpaired) electrons. The SMILES string of the molecule is CC1=C(CNc2ccc(Cl)cc2)C(=O)c2ccccc2C1=O. The van der Waals surface area contributed by atoms with Gasteiger partial charge in [0.25, 0.3) is 0 Å². The van der Waals surface area contributed by atoms with E-state index < -0.39 is 0 Å². The smallest absolute Gasteiger partial charge is 0.191 e. The molecule has 0 saturated carbocycles. The quantitative estimate of drug-likeness (QED) is 0.926. The summed E-state index contributed by atoms with van der Waals surface area (Å²) in [7, 11) is 0. The van der Waals surface area contributed by atoms with Crippen molar-refractivity contribution >= 4 is 28.9 Å². The molecule has 22 heavy (non-hydrogen) atoms. The van der Waals surface area contributed by atoms with Gasteiger partial charge in [0.2, 0.25) is 0 Å². The maximum absolute atomic E-state index is 12.6. The van der Waals surface area contributed by atoms with Crippen LogP contribution in [0.3, 0.4) is 0 Å². The molecule has 1 N–H and O–H groups in total. The Morgan fingerprint density at radius 3 is 2.14 bits per heavy atom. The van der Waals surface area contributed by atoms with Crippen molar-refractivity contribution in [3.05, 3.63) is 75.8 Å². The van der Waals surface area contributed by atoms with Gasteiger partial charge < -0.3 is 5.32 Å². The van der Waals surface area contributed by atoms with E-state index in [2.05, 4.69) is 5.32 Å². The number of benzene rings is 2. The second-order valence-electron chi connectivity index (χ2n) is 5.17. The molecule has 0 aliphatic heterocycles. The average molecular weight is 312 g/mol. The van der Waals surface area contributed by atoms with Crippen molar-refractivity contribution in [1.29, 1.82) is 0 Å². The molecule has 0 unspecified atom stereocenters. The van der Waals surface area contributed by atoms with Crippen molar-refractivity contribution in [3.8, 4) is 0 Å². The van der Waals surface area contributed by atoms with Gasteiger partial charge in [0.1, 0.15) is 0 Å². The first kappa shape index (κ1) is 14.5. The topological polar surface area (TPSA) is 46.2 Å². The van der Waals surface area contributed by atoms with Crippen molar-refractivity contribution < 1.29 is 9.59 Å². The van der Waals surface area contributed by atoms with Gasteiger partial charge >= 0.3 is 0 Å². The molecule has 110 valence electrons. The highest BCUT2D eigenvalue weighted by molar-refractivity contribution is 6.30. The molecule has 0 amide bonds. The fraction of sp³-hybridized carbons (Fsp3) is 0.111. The van der Waals surface area contributed by atoms with Crippen LogP contribution in [0.15, 0.2) is 59.7 Å². The third-order valence-corrected chi connectivity index (χ3v) is 4.05. The molecule has 1 aliphatic carbocycles. The van der Waals surface area contributed by atoms with Crippen LogP contribution in [-0.4, -0.2) is 18.1 Å². The average Bonchev–Trinajstić information content (AvgIpc) is 2.54. The van der Waals surface area contributed by atoms with E-state index >= 15 is 0 Å². The number of halogens is 1. The van der Waals surface area contributed by atoms with Crippen molar-refractivity contribution in [2.24, 2.45) is 0 Å². The minimum Gasteiger partial charge on any atom is -0.381 e. The van der Waals surface area contributed by atoms with Gasteiger partial charge in [-0.3, -0.25) is 9.59 Å². The first-order chi connectivity index (χ1) is 10.6. The number of hydrogen-bond acceptors (Lipinski definition) is 3. The van der Waals surface area contributed by atoms with Crippen molar-refractivity contribution in [2.45, 2.75) is 6.92 Å². The van der Waals surface area contributed by atoms with Gasteiger partial charge in [0, 0.05) is 39.5 Å². The molecule has 1 aliphatic rings. The van der Waals surface area contributed by atoms with Crippen molar-refractivity contribution in [1.82, 2.24) is 0 Å². The van der Waals surface area contributed by atoms with Crippen molar-refractivity contribution in [2.75, 3.05) is 11.9 Å². The van der Waals surface area contributed by atoms with Crippen LogP contribution in [0.25, 0.3) is 0 Å². The molecule has 0 bridgehead atoms. The molecule has 0 aromatic heterocycles. The summed E-state index contributed by atoms with van der Waals surface area (Å²) in [5, 5.41) is 3.82. The normalized spacial score (nSPS) is 14.1. The third-order valence-electron chi connectivity index (χ3n) is 3.80. The van der Waals surface area contributed by atoms with Crippen LogP contribution in [0.5, 0.6) is 0 Å². The van der Waals surface area contributed by atoms with Crippen molar-refractivity contribution in [3.63, 3.8) is 0 Å². The number of nitrogens with one attached hydrogen (secondary N) is 1. The summed E-state index contributed by atoms with van der Waals surface area (Å²) in [6.45, 7) is 2.02. The highest BCUT2D eigenvalue weighted by Gasteiger charge is 2.29. The van der Waals surface area contributed by atoms with E-state index in [1.807, 2.05) is 12.1 Å². The minimum atomic E-state index is -0.0887. The molecule has 0 heterocycles. The Labute approximate surface area is 133 Å². The van der Waals surface area contributed by atoms with E-state index in [0.717, 1.165) is 5.69 Å². The van der Waals surface area contributed by atoms with Gasteiger partial charge in [-0.25, -0.2) is 0 Å². The molecule has 0 spiro atoms. The van der Waals surface area contributed by atoms with Gasteiger partial charge in [-0.2, -0.15) is 0 Å². The van der Waals surface area contributed by atoms with Crippen LogP contribution < -0.4 is 5.32 Å². The van der Waals surface area contributed by atoms with Gasteiger partial charge in [0.05, 0.1) is 0 Å². The Morgan fingerprint density at radius 1 is 0.909 bits per heavy atom. The highest BCUT2D eigenvalue weighted by atomic mass is 35.5. The van der Waals surface area contributed by atoms with E-state index in [1.54, 1.807) is 43.3 Å². The molecule has 3 rings (SSSR count). The molecular formula is C18H14ClNO2. The van der Waals surface area contributed by atoms with E-state index in [0.29, 0.717) is 33.8 Å². The molecule has 0 saturated heterocycles. The second-order valence-corrected chi connectivity index (χ2v) is 5.60. The Balaban J connectivity index is 1.87. The number of ketones is 2. The second kappa shape index (κ2) is 5.78. The number of Topliss-reactive ketones (excluding diaryl/α,β-unsaturated/α-hetero) is 2. The van der Waals surface area contributed by atoms with E-state index in [-0.39, 0.29) is 11.6 Å². The van der Waals surface area contributed by atoms with Crippen LogP contribution in [0.2, 0.25) is 5.02 Å². The molecule has 2 aromatic rings. The molecular weight excluding hydrogens is 298 g/mol. The Morgan fingerprint density at radius 2 is 1.50 bits per heavy atom. The van der Waals surface area contributed by atoms with Gasteiger partial charge in [-0.05, 0) is 31.2 Å². The number of carbonyl (C=O) groups is 2. The van der Waals surface area contributed by atoms with E-state index in [1.165, 1.54) is 0 Å². The third kappa shape index (κ3) is 2.55. The standard InChI is InChI=1S/C18H14ClNO2/c1-11-16(10-20-13-8-6-12(19)7-9-13)18(22)15-5-3-2-4-14(15)17(11)21/h2-9,20H,10H2,1H3. The lowest BCUT2D eigenvalue weighted by Gasteiger charge is -2.19. The van der Waals surface area contributed by atoms with Crippen LogP contribution in [0.4, 0.5) is 5.69 Å². The summed E-state index contributed by atoms with van der Waals surface area (Å²) < 4.78 is 0. The Kier molecular flexibility index (Phi) is 3.82. The summed E-state index contributed by atoms with van der Waals surface area (Å²) in [5.41, 5.74) is 2.83. The Bertz CT molecular complexity index is 791. The summed E-state index contributed by atoms with van der Waals surface area (Å²) in [5.74, 6) is -0.169. The van der Waals surface area contributed by atoms with E-state index in [9.17, 15) is 9.59 Å². The number of fused-ring (bicyclic) bond motifs is 1. The lowest BCUT2D eigenvalue weighted by atomic mass is 9.84. The number of anilines is 1. The summed E-state index contributed by atoms with van der Waals surface area (Å²) in [6, 6.07) is 14.2. The maximum atomic E-state index is 12.6. The number of carbonyl (C=O) groups excluding carboxylic acids is 2. The van der Waals surface area contributed by atoms with Gasteiger partial charge in [-0.15, -0.1) is 0 Å². The first-order valence-electron chi connectivity index (χ1n) is 6.95. The number of allylic oxidation sites excluding steroid dienone is 1. The monoisotopic (exact) mass is 311 g/mol. The van der Waals surface area contributed by atoms with E-state index in [4.69, 9.17) is 11.6 Å². The van der Waals surface area contributed by atoms with Gasteiger partial charge in [-0.1, -0.05) is 35.9 Å². The Hall–Kier alpha value is -2.39.